The summed E-state index contributed by atoms with van der Waals surface area (Å²) in [5.41, 5.74) is 4.57. The van der Waals surface area contributed by atoms with E-state index in [9.17, 15) is 4.79 Å². The monoisotopic (exact) mass is 248 g/mol. The topological polar surface area (TPSA) is 52.5 Å². The van der Waals surface area contributed by atoms with Crippen molar-refractivity contribution in [1.29, 1.82) is 0 Å². The van der Waals surface area contributed by atoms with Crippen LogP contribution < -0.4 is 5.48 Å². The average Bonchev–Trinajstić information content (AvgIpc) is 2.72. The lowest BCUT2D eigenvalue weighted by molar-refractivity contribution is 0.0369. The van der Waals surface area contributed by atoms with Crippen LogP contribution in [0.1, 0.15) is 5.56 Å². The van der Waals surface area contributed by atoms with Crippen molar-refractivity contribution in [3.8, 4) is 0 Å². The van der Waals surface area contributed by atoms with Gasteiger partial charge in [0.15, 0.2) is 0 Å². The van der Waals surface area contributed by atoms with Crippen LogP contribution in [-0.2, 0) is 23.0 Å². The third kappa shape index (κ3) is 2.62. The van der Waals surface area contributed by atoms with Gasteiger partial charge < -0.3 is 9.30 Å². The molecule has 0 bridgehead atoms. The number of hydrogen-bond donors (Lipinski definition) is 1. The van der Waals surface area contributed by atoms with Gasteiger partial charge in [0, 0.05) is 30.6 Å². The Hall–Kier alpha value is -2.01. The fourth-order valence-electron chi connectivity index (χ4n) is 1.94. The van der Waals surface area contributed by atoms with Crippen molar-refractivity contribution in [3.05, 3.63) is 36.0 Å². The Kier molecular flexibility index (Phi) is 3.84. The van der Waals surface area contributed by atoms with E-state index in [0.717, 1.165) is 6.42 Å². The highest BCUT2D eigenvalue weighted by molar-refractivity contribution is 5.83. The summed E-state index contributed by atoms with van der Waals surface area (Å²) in [5.74, 6) is 0. The largest absolute Gasteiger partial charge is 0.451 e. The fraction of sp³-hybridized carbons (Fsp3) is 0.308. The summed E-state index contributed by atoms with van der Waals surface area (Å²) in [4.78, 5) is 15.8. The molecule has 1 N–H and O–H groups in total. The maximum atomic E-state index is 10.8. The standard InChI is InChI=1S/C13H16N2O3/c1-15-9-10(7-8-18-14-13(16)17-2)11-5-3-4-6-12(11)15/h3-6,9H,7-8H2,1-2H3,(H,14,16). The molecule has 5 nitrogen and oxygen atoms in total. The van der Waals surface area contributed by atoms with Crippen molar-refractivity contribution in [3.63, 3.8) is 0 Å². The molecule has 1 aromatic heterocycles. The number of hydrogen-bond acceptors (Lipinski definition) is 3. The van der Waals surface area contributed by atoms with Gasteiger partial charge in [0.2, 0.25) is 0 Å². The van der Waals surface area contributed by atoms with Crippen LogP contribution in [0.4, 0.5) is 4.79 Å². The van der Waals surface area contributed by atoms with Gasteiger partial charge in [-0.05, 0) is 11.6 Å². The summed E-state index contributed by atoms with van der Waals surface area (Å²) in [7, 11) is 3.31. The SMILES string of the molecule is COC(=O)NOCCc1cn(C)c2ccccc12. The molecule has 1 heterocycles. The van der Waals surface area contributed by atoms with Gasteiger partial charge in [-0.25, -0.2) is 4.79 Å². The molecule has 2 aromatic rings. The van der Waals surface area contributed by atoms with Crippen LogP contribution in [0.25, 0.3) is 10.9 Å². The first kappa shape index (κ1) is 12.4. The van der Waals surface area contributed by atoms with Crippen molar-refractivity contribution in [2.75, 3.05) is 13.7 Å². The first-order valence-corrected chi connectivity index (χ1v) is 5.71. The molecule has 0 aliphatic carbocycles. The molecule has 0 saturated heterocycles. The molecule has 5 heteroatoms. The molecule has 1 amide bonds. The molecule has 0 radical (unpaired) electrons. The molecule has 1 aromatic carbocycles. The van der Waals surface area contributed by atoms with Crippen LogP contribution in [-0.4, -0.2) is 24.4 Å². The van der Waals surface area contributed by atoms with Crippen molar-refractivity contribution in [2.24, 2.45) is 7.05 Å². The number of fused-ring (bicyclic) bond motifs is 1. The summed E-state index contributed by atoms with van der Waals surface area (Å²) >= 11 is 0. The van der Waals surface area contributed by atoms with Crippen LogP contribution in [0.5, 0.6) is 0 Å². The zero-order valence-corrected chi connectivity index (χ0v) is 10.5. The van der Waals surface area contributed by atoms with Crippen LogP contribution in [0.2, 0.25) is 0 Å². The van der Waals surface area contributed by atoms with Crippen LogP contribution >= 0.6 is 0 Å². The zero-order chi connectivity index (χ0) is 13.0. The van der Waals surface area contributed by atoms with E-state index in [0.29, 0.717) is 6.61 Å². The minimum Gasteiger partial charge on any atom is -0.451 e. The lowest BCUT2D eigenvalue weighted by Crippen LogP contribution is -2.24. The number of amides is 1. The second-order valence-corrected chi connectivity index (χ2v) is 3.97. The molecule has 0 aliphatic rings. The van der Waals surface area contributed by atoms with Gasteiger partial charge in [-0.15, -0.1) is 0 Å². The number of benzene rings is 1. The van der Waals surface area contributed by atoms with E-state index in [1.807, 2.05) is 19.2 Å². The van der Waals surface area contributed by atoms with Crippen LogP contribution in [0.15, 0.2) is 30.5 Å². The van der Waals surface area contributed by atoms with E-state index < -0.39 is 6.09 Å². The highest BCUT2D eigenvalue weighted by Gasteiger charge is 2.06. The normalized spacial score (nSPS) is 10.6. The van der Waals surface area contributed by atoms with Gasteiger partial charge in [0.1, 0.15) is 0 Å². The Labute approximate surface area is 105 Å². The van der Waals surface area contributed by atoms with Crippen LogP contribution in [0.3, 0.4) is 0 Å². The Bertz CT molecular complexity index is 548. The lowest BCUT2D eigenvalue weighted by Gasteiger charge is -2.03. The van der Waals surface area contributed by atoms with E-state index in [4.69, 9.17) is 4.84 Å². The summed E-state index contributed by atoms with van der Waals surface area (Å²) in [6.07, 6.45) is 2.21. The molecule has 2 rings (SSSR count). The van der Waals surface area contributed by atoms with E-state index in [1.54, 1.807) is 0 Å². The van der Waals surface area contributed by atoms with Gasteiger partial charge in [0.25, 0.3) is 0 Å². The Morgan fingerprint density at radius 1 is 1.39 bits per heavy atom. The molecular weight excluding hydrogens is 232 g/mol. The number of para-hydroxylation sites is 1. The predicted molar refractivity (Wildman–Crippen MR) is 68.1 cm³/mol. The average molecular weight is 248 g/mol. The second kappa shape index (κ2) is 5.55. The van der Waals surface area contributed by atoms with Crippen molar-refractivity contribution >= 4 is 17.0 Å². The number of nitrogens with one attached hydrogen (secondary N) is 1. The molecule has 0 aliphatic heterocycles. The number of rotatable bonds is 4. The van der Waals surface area contributed by atoms with Gasteiger partial charge in [-0.3, -0.25) is 4.84 Å². The summed E-state index contributed by atoms with van der Waals surface area (Å²) in [6.45, 7) is 0.406. The molecular formula is C13H16N2O3. The molecule has 0 fully saturated rings. The summed E-state index contributed by atoms with van der Waals surface area (Å²) in [5, 5.41) is 1.21. The zero-order valence-electron chi connectivity index (χ0n) is 10.5. The van der Waals surface area contributed by atoms with Crippen LogP contribution in [0, 0.1) is 0 Å². The maximum absolute atomic E-state index is 10.8. The minimum atomic E-state index is -0.590. The number of aryl methyl sites for hydroxylation is 1. The minimum absolute atomic E-state index is 0.406. The quantitative estimate of drug-likeness (QED) is 0.665. The van der Waals surface area contributed by atoms with E-state index in [1.165, 1.54) is 23.6 Å². The van der Waals surface area contributed by atoms with E-state index in [2.05, 4.69) is 33.1 Å². The van der Waals surface area contributed by atoms with Gasteiger partial charge >= 0.3 is 6.09 Å². The van der Waals surface area contributed by atoms with Crippen molar-refractivity contribution in [1.82, 2.24) is 10.0 Å². The summed E-state index contributed by atoms with van der Waals surface area (Å²) < 4.78 is 6.48. The van der Waals surface area contributed by atoms with Gasteiger partial charge in [0.05, 0.1) is 13.7 Å². The number of carbonyl (C=O) groups is 1. The van der Waals surface area contributed by atoms with E-state index in [-0.39, 0.29) is 0 Å². The first-order valence-electron chi connectivity index (χ1n) is 5.71. The van der Waals surface area contributed by atoms with E-state index >= 15 is 0 Å². The lowest BCUT2D eigenvalue weighted by atomic mass is 10.1. The second-order valence-electron chi connectivity index (χ2n) is 3.97. The molecule has 0 atom stereocenters. The number of methoxy groups -OCH3 is 1. The molecule has 0 saturated carbocycles. The number of nitrogens with zero attached hydrogens (tertiary/aromatic N) is 1. The van der Waals surface area contributed by atoms with Crippen molar-refractivity contribution < 1.29 is 14.4 Å². The number of ether oxygens (including phenoxy) is 1. The third-order valence-electron chi connectivity index (χ3n) is 2.79. The smallest absolute Gasteiger partial charge is 0.431 e. The number of aromatic nitrogens is 1. The molecule has 96 valence electrons. The Morgan fingerprint density at radius 3 is 2.94 bits per heavy atom. The maximum Gasteiger partial charge on any atom is 0.431 e. The first-order chi connectivity index (χ1) is 8.72. The number of carbonyl (C=O) groups excluding carboxylic acids is 1. The van der Waals surface area contributed by atoms with Gasteiger partial charge in [-0.2, -0.15) is 5.48 Å². The molecule has 0 spiro atoms. The van der Waals surface area contributed by atoms with Crippen molar-refractivity contribution in [2.45, 2.75) is 6.42 Å². The Balaban J connectivity index is 1.98. The summed E-state index contributed by atoms with van der Waals surface area (Å²) in [6, 6.07) is 8.19. The molecule has 0 unspecified atom stereocenters. The number of hydroxylamine groups is 1. The molecule has 18 heavy (non-hydrogen) atoms. The highest BCUT2D eigenvalue weighted by Crippen LogP contribution is 2.20. The van der Waals surface area contributed by atoms with Gasteiger partial charge in [-0.1, -0.05) is 18.2 Å². The fourth-order valence-corrected chi connectivity index (χ4v) is 1.94. The predicted octanol–water partition coefficient (Wildman–Crippen LogP) is 2.01. The third-order valence-corrected chi connectivity index (χ3v) is 2.79. The highest BCUT2D eigenvalue weighted by atomic mass is 16.7. The Morgan fingerprint density at radius 2 is 2.17 bits per heavy atom.